The molecule has 0 heterocycles. The third-order valence-electron chi connectivity index (χ3n) is 19.5. The van der Waals surface area contributed by atoms with Gasteiger partial charge in [0.15, 0.2) is 0 Å². The molecule has 0 aromatic carbocycles. The first-order valence-corrected chi connectivity index (χ1v) is 30.9. The molecule has 404 valence electrons. The Morgan fingerprint density at radius 3 is 0.701 bits per heavy atom. The zero-order valence-electron chi connectivity index (χ0n) is 51.0. The Bertz CT molecular complexity index is 1160. The largest absolute Gasteiger partial charge is 0.0776 e. The summed E-state index contributed by atoms with van der Waals surface area (Å²) in [7, 11) is 0. The van der Waals surface area contributed by atoms with Crippen molar-refractivity contribution in [2.75, 3.05) is 0 Å². The molecule has 67 heavy (non-hydrogen) atoms. The van der Waals surface area contributed by atoms with Gasteiger partial charge in [-0.15, -0.1) is 0 Å². The minimum absolute atomic E-state index is 0. The van der Waals surface area contributed by atoms with E-state index in [1.165, 1.54) is 96.3 Å². The van der Waals surface area contributed by atoms with Crippen LogP contribution in [-0.4, -0.2) is 0 Å². The lowest BCUT2D eigenvalue weighted by molar-refractivity contribution is -0.00988. The quantitative estimate of drug-likeness (QED) is 0.227. The van der Waals surface area contributed by atoms with E-state index in [1.807, 2.05) is 69.2 Å². The van der Waals surface area contributed by atoms with Gasteiger partial charge in [0.2, 0.25) is 0 Å². The van der Waals surface area contributed by atoms with Crippen LogP contribution in [0, 0.1) is 116 Å². The molecule has 0 saturated heterocycles. The van der Waals surface area contributed by atoms with E-state index < -0.39 is 0 Å². The van der Waals surface area contributed by atoms with Crippen molar-refractivity contribution in [3.63, 3.8) is 0 Å². The summed E-state index contributed by atoms with van der Waals surface area (Å²) in [4.78, 5) is 0. The second kappa shape index (κ2) is 30.3. The molecule has 13 saturated carbocycles. The van der Waals surface area contributed by atoms with Crippen molar-refractivity contribution in [2.24, 2.45) is 116 Å². The van der Waals surface area contributed by atoms with Gasteiger partial charge in [0.25, 0.3) is 0 Å². The standard InChI is InChI=1S/2C12H22.2C11H20.C10H18.5C2H6.CH4/c1-12(2,3)11-8-9-4-6-10(11)7-5-9;1-12(2,3)11-8-9-5-4-6-10(11)7-9;1-11(2,3)10-5-4-8-6-9(10)7-8;1-11(2,3)10-7-8-4-5-9(10)6-8;1-10(2,3)9-6-7-4-8(9)5-7;5*1-2;/h2*9-11H,4-8H2,1-3H3;2*8-10H,4-7H2,1-3H3;7-9H,4-6H2,1-3H3;5*1-2H3;1H4. The molecule has 9 unspecified atom stereocenters. The maximum absolute atomic E-state index is 2.43. The molecule has 0 aromatic heterocycles. The molecule has 13 rings (SSSR count). The molecular formula is C67H136. The molecule has 0 heteroatoms. The van der Waals surface area contributed by atoms with Gasteiger partial charge in [0, 0.05) is 0 Å². The Hall–Kier alpha value is 0. The summed E-state index contributed by atoms with van der Waals surface area (Å²) in [5.74, 6) is 16.3. The highest BCUT2D eigenvalue weighted by Gasteiger charge is 2.49. The zero-order chi connectivity index (χ0) is 51.0. The van der Waals surface area contributed by atoms with Crippen LogP contribution in [0.3, 0.4) is 0 Å². The Morgan fingerprint density at radius 1 is 0.209 bits per heavy atom. The Balaban J connectivity index is 0.000000773. The van der Waals surface area contributed by atoms with Gasteiger partial charge in [-0.2, -0.15) is 0 Å². The highest BCUT2D eigenvalue weighted by molar-refractivity contribution is 4.99. The van der Waals surface area contributed by atoms with Crippen LogP contribution < -0.4 is 0 Å². The fourth-order valence-corrected chi connectivity index (χ4v) is 16.3. The van der Waals surface area contributed by atoms with Gasteiger partial charge >= 0.3 is 0 Å². The van der Waals surface area contributed by atoms with E-state index in [-0.39, 0.29) is 7.43 Å². The number of hydrogen-bond donors (Lipinski definition) is 0. The first kappa shape index (κ1) is 67.0. The van der Waals surface area contributed by atoms with Crippen LogP contribution in [0.4, 0.5) is 0 Å². The lowest BCUT2D eigenvalue weighted by Gasteiger charge is -2.51. The van der Waals surface area contributed by atoms with Crippen LogP contribution in [0.15, 0.2) is 0 Å². The van der Waals surface area contributed by atoms with Gasteiger partial charge in [-0.05, 0) is 206 Å². The topological polar surface area (TPSA) is 0 Å². The summed E-state index contributed by atoms with van der Waals surface area (Å²) in [5.41, 5.74) is 2.90. The molecule has 13 fully saturated rings. The molecule has 10 bridgehead atoms. The predicted octanol–water partition coefficient (Wildman–Crippen LogP) is 23.5. The summed E-state index contributed by atoms with van der Waals surface area (Å²) in [6.07, 6.45) is 32.3. The van der Waals surface area contributed by atoms with Gasteiger partial charge in [-0.3, -0.25) is 0 Å². The maximum atomic E-state index is 2.43. The molecule has 0 aliphatic heterocycles. The molecule has 0 amide bonds. The van der Waals surface area contributed by atoms with E-state index in [2.05, 4.69) is 104 Å². The number of rotatable bonds is 0. The van der Waals surface area contributed by atoms with E-state index in [0.717, 1.165) is 88.8 Å². The molecule has 0 nitrogen and oxygen atoms in total. The monoisotopic (exact) mass is 941 g/mol. The van der Waals surface area contributed by atoms with Crippen LogP contribution in [0.25, 0.3) is 0 Å². The van der Waals surface area contributed by atoms with E-state index >= 15 is 0 Å². The summed E-state index contributed by atoms with van der Waals surface area (Å²) >= 11 is 0. The summed E-state index contributed by atoms with van der Waals surface area (Å²) < 4.78 is 0. The Labute approximate surface area is 429 Å². The SMILES string of the molecule is C.CC.CC.CC.CC.CC.CC(C)(C)C1CC2CC1C2.CC(C)(C)C1CC2CCC1C2.CC(C)(C)C1CC2CCC1CC2.CC(C)(C)C1CC2CCCC1C2.CC(C)(C)C1CCC2CC1C2. The van der Waals surface area contributed by atoms with E-state index in [1.54, 1.807) is 38.5 Å². The summed E-state index contributed by atoms with van der Waals surface area (Å²) in [6, 6.07) is 0. The molecular weight excluding hydrogens is 805 g/mol. The van der Waals surface area contributed by atoms with Crippen LogP contribution in [0.2, 0.25) is 0 Å². The molecule has 0 radical (unpaired) electrons. The fraction of sp³-hybridized carbons (Fsp3) is 1.00. The van der Waals surface area contributed by atoms with Crippen molar-refractivity contribution < 1.29 is 0 Å². The lowest BCUT2D eigenvalue weighted by Crippen LogP contribution is -2.41. The van der Waals surface area contributed by atoms with E-state index in [0.29, 0.717) is 27.1 Å². The van der Waals surface area contributed by atoms with Gasteiger partial charge in [-0.1, -0.05) is 225 Å². The first-order chi connectivity index (χ1) is 30.9. The summed E-state index contributed by atoms with van der Waals surface area (Å²) in [6.45, 7) is 56.3. The normalized spacial score (nSPS) is 36.4. The maximum Gasteiger partial charge on any atom is -0.0334 e. The molecule has 13 aliphatic rings. The van der Waals surface area contributed by atoms with Crippen LogP contribution >= 0.6 is 0 Å². The molecule has 0 spiro atoms. The van der Waals surface area contributed by atoms with Crippen LogP contribution in [0.5, 0.6) is 0 Å². The van der Waals surface area contributed by atoms with E-state index in [9.17, 15) is 0 Å². The summed E-state index contributed by atoms with van der Waals surface area (Å²) in [5, 5.41) is 0. The average molecular weight is 942 g/mol. The van der Waals surface area contributed by atoms with Crippen LogP contribution in [0.1, 0.15) is 315 Å². The molecule has 13 aliphatic carbocycles. The second-order valence-electron chi connectivity index (χ2n) is 28.6. The lowest BCUT2D eigenvalue weighted by atomic mass is 9.54. The van der Waals surface area contributed by atoms with Crippen molar-refractivity contribution in [1.82, 2.24) is 0 Å². The highest BCUT2D eigenvalue weighted by Crippen LogP contribution is 2.59. The predicted molar refractivity (Wildman–Crippen MR) is 310 cm³/mol. The van der Waals surface area contributed by atoms with Gasteiger partial charge in [0.1, 0.15) is 0 Å². The van der Waals surface area contributed by atoms with Gasteiger partial charge in [-0.25, -0.2) is 0 Å². The van der Waals surface area contributed by atoms with Crippen LogP contribution in [-0.2, 0) is 0 Å². The minimum Gasteiger partial charge on any atom is -0.0776 e. The van der Waals surface area contributed by atoms with Crippen molar-refractivity contribution >= 4 is 0 Å². The number of fused-ring (bicyclic) bond motifs is 10. The van der Waals surface area contributed by atoms with Crippen molar-refractivity contribution in [3.8, 4) is 0 Å². The first-order valence-electron chi connectivity index (χ1n) is 30.9. The molecule has 0 aromatic rings. The average Bonchev–Trinajstić information content (AvgIpc) is 4.13. The highest BCUT2D eigenvalue weighted by atomic mass is 14.5. The number of hydrogen-bond acceptors (Lipinski definition) is 0. The fourth-order valence-electron chi connectivity index (χ4n) is 16.3. The minimum atomic E-state index is 0. The molecule has 0 N–H and O–H groups in total. The third-order valence-corrected chi connectivity index (χ3v) is 19.5. The Kier molecular flexibility index (Phi) is 30.3. The smallest absolute Gasteiger partial charge is 0.0334 e. The van der Waals surface area contributed by atoms with Crippen molar-refractivity contribution in [1.29, 1.82) is 0 Å². The molecule has 9 atom stereocenters. The second-order valence-corrected chi connectivity index (χ2v) is 28.6. The zero-order valence-corrected chi connectivity index (χ0v) is 51.0. The van der Waals surface area contributed by atoms with Crippen molar-refractivity contribution in [2.45, 2.75) is 315 Å². The van der Waals surface area contributed by atoms with E-state index in [4.69, 9.17) is 0 Å². The van der Waals surface area contributed by atoms with Gasteiger partial charge < -0.3 is 0 Å². The third kappa shape index (κ3) is 20.1. The Morgan fingerprint density at radius 2 is 0.463 bits per heavy atom. The van der Waals surface area contributed by atoms with Crippen molar-refractivity contribution in [3.05, 3.63) is 0 Å². The van der Waals surface area contributed by atoms with Gasteiger partial charge in [0.05, 0.1) is 0 Å².